The van der Waals surface area contributed by atoms with Gasteiger partial charge < -0.3 is 10.4 Å². The molecule has 4 nitrogen and oxygen atoms in total. The summed E-state index contributed by atoms with van der Waals surface area (Å²) in [4.78, 5) is 16.3. The summed E-state index contributed by atoms with van der Waals surface area (Å²) in [6, 6.07) is 7.70. The SMILES string of the molecule is CCCC(Nc1cccnc1C(=O)O)c1cccs1. The van der Waals surface area contributed by atoms with Crippen LogP contribution in [0.3, 0.4) is 0 Å². The van der Waals surface area contributed by atoms with Gasteiger partial charge in [-0.05, 0) is 30.0 Å². The van der Waals surface area contributed by atoms with Crippen molar-refractivity contribution in [2.24, 2.45) is 0 Å². The van der Waals surface area contributed by atoms with Crippen molar-refractivity contribution in [1.82, 2.24) is 4.98 Å². The van der Waals surface area contributed by atoms with Gasteiger partial charge in [0.2, 0.25) is 0 Å². The number of anilines is 1. The largest absolute Gasteiger partial charge is 0.476 e. The molecule has 0 aliphatic carbocycles. The van der Waals surface area contributed by atoms with E-state index < -0.39 is 5.97 Å². The monoisotopic (exact) mass is 276 g/mol. The summed E-state index contributed by atoms with van der Waals surface area (Å²) in [5.41, 5.74) is 0.641. The average Bonchev–Trinajstić information content (AvgIpc) is 2.92. The van der Waals surface area contributed by atoms with Crippen LogP contribution in [0.5, 0.6) is 0 Å². The molecule has 1 atom stereocenters. The van der Waals surface area contributed by atoms with E-state index in [1.54, 1.807) is 23.5 Å². The summed E-state index contributed by atoms with van der Waals surface area (Å²) < 4.78 is 0. The molecular weight excluding hydrogens is 260 g/mol. The van der Waals surface area contributed by atoms with Crippen molar-refractivity contribution in [1.29, 1.82) is 0 Å². The van der Waals surface area contributed by atoms with Crippen LogP contribution >= 0.6 is 11.3 Å². The van der Waals surface area contributed by atoms with Crippen LogP contribution in [0.1, 0.15) is 41.2 Å². The Labute approximate surface area is 116 Å². The third-order valence-electron chi connectivity index (χ3n) is 2.80. The van der Waals surface area contributed by atoms with Crippen molar-refractivity contribution < 1.29 is 9.90 Å². The second kappa shape index (κ2) is 6.33. The van der Waals surface area contributed by atoms with E-state index in [2.05, 4.69) is 23.3 Å². The third-order valence-corrected chi connectivity index (χ3v) is 3.79. The molecule has 2 aromatic heterocycles. The number of carboxylic acids is 1. The molecule has 0 amide bonds. The zero-order valence-electron chi connectivity index (χ0n) is 10.7. The number of aromatic nitrogens is 1. The Morgan fingerprint density at radius 3 is 2.95 bits per heavy atom. The quantitative estimate of drug-likeness (QED) is 0.842. The number of carboxylic acid groups (broad SMARTS) is 1. The average molecular weight is 276 g/mol. The van der Waals surface area contributed by atoms with Gasteiger partial charge in [-0.1, -0.05) is 19.4 Å². The van der Waals surface area contributed by atoms with E-state index in [1.165, 1.54) is 11.1 Å². The van der Waals surface area contributed by atoms with Gasteiger partial charge in [-0.3, -0.25) is 0 Å². The first-order valence-corrected chi connectivity index (χ1v) is 7.08. The number of nitrogens with zero attached hydrogens (tertiary/aromatic N) is 1. The summed E-state index contributed by atoms with van der Waals surface area (Å²) in [6.45, 7) is 2.11. The number of aromatic carboxylic acids is 1. The van der Waals surface area contributed by atoms with E-state index in [0.29, 0.717) is 5.69 Å². The lowest BCUT2D eigenvalue weighted by Crippen LogP contribution is -2.13. The lowest BCUT2D eigenvalue weighted by atomic mass is 10.1. The first kappa shape index (κ1) is 13.5. The minimum atomic E-state index is -1.01. The summed E-state index contributed by atoms with van der Waals surface area (Å²) in [5, 5.41) is 14.5. The topological polar surface area (TPSA) is 62.2 Å². The van der Waals surface area contributed by atoms with E-state index in [0.717, 1.165) is 12.8 Å². The fourth-order valence-corrected chi connectivity index (χ4v) is 2.76. The predicted molar refractivity (Wildman–Crippen MR) is 76.8 cm³/mol. The minimum absolute atomic E-state index is 0.0696. The smallest absolute Gasteiger partial charge is 0.356 e. The van der Waals surface area contributed by atoms with Crippen molar-refractivity contribution in [3.8, 4) is 0 Å². The molecule has 0 aliphatic heterocycles. The highest BCUT2D eigenvalue weighted by atomic mass is 32.1. The van der Waals surface area contributed by atoms with Gasteiger partial charge in [0.1, 0.15) is 0 Å². The fraction of sp³-hybridized carbons (Fsp3) is 0.286. The molecule has 0 aromatic carbocycles. The van der Waals surface area contributed by atoms with Crippen LogP contribution < -0.4 is 5.32 Å². The minimum Gasteiger partial charge on any atom is -0.476 e. The molecule has 1 unspecified atom stereocenters. The molecule has 2 heterocycles. The molecule has 0 bridgehead atoms. The van der Waals surface area contributed by atoms with Gasteiger partial charge in [0.15, 0.2) is 5.69 Å². The summed E-state index contributed by atoms with van der Waals surface area (Å²) in [5.74, 6) is -1.01. The predicted octanol–water partition coefficient (Wildman–Crippen LogP) is 3.79. The van der Waals surface area contributed by atoms with Crippen LogP contribution in [0.4, 0.5) is 5.69 Å². The molecule has 0 saturated heterocycles. The van der Waals surface area contributed by atoms with Gasteiger partial charge in [-0.2, -0.15) is 0 Å². The third kappa shape index (κ3) is 3.32. The van der Waals surface area contributed by atoms with E-state index >= 15 is 0 Å². The van der Waals surface area contributed by atoms with Gasteiger partial charge >= 0.3 is 5.97 Å². The first-order chi connectivity index (χ1) is 9.22. The highest BCUT2D eigenvalue weighted by molar-refractivity contribution is 7.10. The molecule has 2 rings (SSSR count). The molecule has 2 N–H and O–H groups in total. The van der Waals surface area contributed by atoms with Crippen molar-refractivity contribution >= 4 is 23.0 Å². The molecule has 19 heavy (non-hydrogen) atoms. The Kier molecular flexibility index (Phi) is 4.52. The highest BCUT2D eigenvalue weighted by Gasteiger charge is 2.16. The van der Waals surface area contributed by atoms with Gasteiger partial charge in [-0.15, -0.1) is 11.3 Å². The van der Waals surface area contributed by atoms with E-state index in [-0.39, 0.29) is 11.7 Å². The van der Waals surface area contributed by atoms with Crippen molar-refractivity contribution in [2.75, 3.05) is 5.32 Å². The number of hydrogen-bond donors (Lipinski definition) is 2. The van der Waals surface area contributed by atoms with E-state index in [1.807, 2.05) is 11.4 Å². The van der Waals surface area contributed by atoms with Crippen LogP contribution in [-0.2, 0) is 0 Å². The van der Waals surface area contributed by atoms with Crippen LogP contribution in [0.25, 0.3) is 0 Å². The number of rotatable bonds is 6. The first-order valence-electron chi connectivity index (χ1n) is 6.20. The number of hydrogen-bond acceptors (Lipinski definition) is 4. The maximum absolute atomic E-state index is 11.1. The molecule has 100 valence electrons. The van der Waals surface area contributed by atoms with Gasteiger partial charge in [0.05, 0.1) is 11.7 Å². The molecule has 2 aromatic rings. The number of thiophene rings is 1. The molecule has 0 radical (unpaired) electrons. The lowest BCUT2D eigenvalue weighted by molar-refractivity contribution is 0.0691. The Bertz CT molecular complexity index is 540. The molecule has 0 fully saturated rings. The summed E-state index contributed by atoms with van der Waals surface area (Å²) in [6.07, 6.45) is 3.47. The summed E-state index contributed by atoms with van der Waals surface area (Å²) >= 11 is 1.67. The maximum Gasteiger partial charge on any atom is 0.356 e. The Balaban J connectivity index is 2.25. The molecule has 0 spiro atoms. The number of nitrogens with one attached hydrogen (secondary N) is 1. The van der Waals surface area contributed by atoms with Crippen LogP contribution in [0.2, 0.25) is 0 Å². The van der Waals surface area contributed by atoms with Crippen LogP contribution in [0.15, 0.2) is 35.8 Å². The summed E-state index contributed by atoms with van der Waals surface area (Å²) in [7, 11) is 0. The second-order valence-corrected chi connectivity index (χ2v) is 5.19. The molecular formula is C14H16N2O2S. The second-order valence-electron chi connectivity index (χ2n) is 4.21. The Morgan fingerprint density at radius 2 is 2.32 bits per heavy atom. The van der Waals surface area contributed by atoms with E-state index in [9.17, 15) is 4.79 Å². The highest BCUT2D eigenvalue weighted by Crippen LogP contribution is 2.28. The van der Waals surface area contributed by atoms with Crippen molar-refractivity contribution in [3.63, 3.8) is 0 Å². The number of pyridine rings is 1. The van der Waals surface area contributed by atoms with Crippen LogP contribution in [-0.4, -0.2) is 16.1 Å². The van der Waals surface area contributed by atoms with Gasteiger partial charge in [0.25, 0.3) is 0 Å². The zero-order valence-corrected chi connectivity index (χ0v) is 11.5. The zero-order chi connectivity index (χ0) is 13.7. The molecule has 0 saturated carbocycles. The van der Waals surface area contributed by atoms with Crippen LogP contribution in [0, 0.1) is 0 Å². The van der Waals surface area contributed by atoms with E-state index in [4.69, 9.17) is 5.11 Å². The Morgan fingerprint density at radius 1 is 1.47 bits per heavy atom. The Hall–Kier alpha value is -1.88. The van der Waals surface area contributed by atoms with Gasteiger partial charge in [0, 0.05) is 11.1 Å². The number of carbonyl (C=O) groups is 1. The maximum atomic E-state index is 11.1. The van der Waals surface area contributed by atoms with Crippen molar-refractivity contribution in [2.45, 2.75) is 25.8 Å². The normalized spacial score (nSPS) is 12.1. The standard InChI is InChI=1S/C14H16N2O2S/c1-2-5-10(12-7-4-9-19-12)16-11-6-3-8-15-13(11)14(17)18/h3-4,6-10,16H,2,5H2,1H3,(H,17,18). The molecule has 0 aliphatic rings. The fourth-order valence-electron chi connectivity index (χ4n) is 1.94. The van der Waals surface area contributed by atoms with Crippen molar-refractivity contribution in [3.05, 3.63) is 46.4 Å². The van der Waals surface area contributed by atoms with Gasteiger partial charge in [-0.25, -0.2) is 9.78 Å². The lowest BCUT2D eigenvalue weighted by Gasteiger charge is -2.18. The molecule has 5 heteroatoms.